The lowest BCUT2D eigenvalue weighted by molar-refractivity contribution is -0.113. The van der Waals surface area contributed by atoms with Gasteiger partial charge in [-0.2, -0.15) is 0 Å². The van der Waals surface area contributed by atoms with Crippen molar-refractivity contribution in [3.63, 3.8) is 0 Å². The van der Waals surface area contributed by atoms with Gasteiger partial charge in [0, 0.05) is 29.6 Å². The van der Waals surface area contributed by atoms with Gasteiger partial charge in [-0.1, -0.05) is 12.1 Å². The van der Waals surface area contributed by atoms with Crippen LogP contribution in [0.1, 0.15) is 17.9 Å². The highest BCUT2D eigenvalue weighted by Crippen LogP contribution is 2.36. The van der Waals surface area contributed by atoms with Crippen molar-refractivity contribution in [2.24, 2.45) is 0 Å². The molecule has 1 aromatic heterocycles. The molecular formula is C24H23N5O4S. The molecule has 174 valence electrons. The molecule has 4 heterocycles. The summed E-state index contributed by atoms with van der Waals surface area (Å²) in [6.07, 6.45) is 1.49. The number of para-hydroxylation sites is 1. The predicted octanol–water partition coefficient (Wildman–Crippen LogP) is 2.54. The highest BCUT2D eigenvalue weighted by atomic mass is 32.2. The number of fused-ring (bicyclic) bond motifs is 1. The Morgan fingerprint density at radius 3 is 3.00 bits per heavy atom. The molecule has 2 amide bonds. The third kappa shape index (κ3) is 3.72. The summed E-state index contributed by atoms with van der Waals surface area (Å²) in [5, 5.41) is 6.33. The van der Waals surface area contributed by atoms with E-state index in [1.807, 2.05) is 30.3 Å². The Kier molecular flexibility index (Phi) is 5.26. The Morgan fingerprint density at radius 1 is 1.18 bits per heavy atom. The first-order chi connectivity index (χ1) is 16.6. The largest absolute Gasteiger partial charge is 0.444 e. The molecule has 34 heavy (non-hydrogen) atoms. The van der Waals surface area contributed by atoms with Gasteiger partial charge in [0.15, 0.2) is 0 Å². The van der Waals surface area contributed by atoms with E-state index in [1.54, 1.807) is 9.47 Å². The summed E-state index contributed by atoms with van der Waals surface area (Å²) in [6, 6.07) is 11.6. The molecule has 3 aliphatic heterocycles. The highest BCUT2D eigenvalue weighted by molar-refractivity contribution is 8.00. The summed E-state index contributed by atoms with van der Waals surface area (Å²) < 4.78 is 7.39. The van der Waals surface area contributed by atoms with Gasteiger partial charge in [-0.05, 0) is 42.8 Å². The fraction of sp³-hybridized carbons (Fsp3) is 0.333. The number of anilines is 2. The molecule has 6 rings (SSSR count). The second-order valence-corrected chi connectivity index (χ2v) is 9.76. The molecule has 9 nitrogen and oxygen atoms in total. The van der Waals surface area contributed by atoms with E-state index in [-0.39, 0.29) is 29.6 Å². The van der Waals surface area contributed by atoms with Gasteiger partial charge < -0.3 is 19.9 Å². The SMILES string of the molecule is O=C1CSc2ccc(N3C[C@@H](CCNC[C@@H]4Cn5c(=O)cnc6cccc4c65)OC3=O)cc2N1. The Morgan fingerprint density at radius 2 is 2.09 bits per heavy atom. The zero-order valence-electron chi connectivity index (χ0n) is 18.3. The molecule has 1 saturated heterocycles. The number of rotatable bonds is 6. The van der Waals surface area contributed by atoms with E-state index in [9.17, 15) is 14.4 Å². The van der Waals surface area contributed by atoms with Gasteiger partial charge in [0.05, 0.1) is 35.2 Å². The molecule has 3 aliphatic rings. The minimum absolute atomic E-state index is 0.0367. The lowest BCUT2D eigenvalue weighted by Crippen LogP contribution is -2.28. The number of aromatic nitrogens is 2. The van der Waals surface area contributed by atoms with Crippen LogP contribution < -0.4 is 21.1 Å². The number of hydrogen-bond acceptors (Lipinski definition) is 7. The number of thioether (sulfide) groups is 1. The van der Waals surface area contributed by atoms with Crippen LogP contribution in [0.5, 0.6) is 0 Å². The molecule has 0 radical (unpaired) electrons. The van der Waals surface area contributed by atoms with Crippen LogP contribution in [0.4, 0.5) is 16.2 Å². The molecule has 0 saturated carbocycles. The molecule has 0 unspecified atom stereocenters. The van der Waals surface area contributed by atoms with Gasteiger partial charge in [-0.15, -0.1) is 11.8 Å². The Balaban J connectivity index is 1.05. The fourth-order valence-electron chi connectivity index (χ4n) is 4.92. The second-order valence-electron chi connectivity index (χ2n) is 8.75. The molecule has 0 spiro atoms. The predicted molar refractivity (Wildman–Crippen MR) is 130 cm³/mol. The van der Waals surface area contributed by atoms with Crippen molar-refractivity contribution in [1.29, 1.82) is 0 Å². The average Bonchev–Trinajstić information content (AvgIpc) is 3.40. The third-order valence-corrected chi connectivity index (χ3v) is 7.63. The molecule has 0 bridgehead atoms. The maximum Gasteiger partial charge on any atom is 0.414 e. The van der Waals surface area contributed by atoms with E-state index in [1.165, 1.54) is 18.0 Å². The van der Waals surface area contributed by atoms with Crippen LogP contribution in [0.3, 0.4) is 0 Å². The smallest absolute Gasteiger partial charge is 0.414 e. The summed E-state index contributed by atoms with van der Waals surface area (Å²) in [4.78, 5) is 43.3. The average molecular weight is 478 g/mol. The number of carbonyl (C=O) groups excluding carboxylic acids is 2. The van der Waals surface area contributed by atoms with E-state index in [4.69, 9.17) is 4.74 Å². The molecule has 1 fully saturated rings. The Hall–Kier alpha value is -3.37. The van der Waals surface area contributed by atoms with Gasteiger partial charge in [0.25, 0.3) is 5.56 Å². The monoisotopic (exact) mass is 477 g/mol. The van der Waals surface area contributed by atoms with Crippen molar-refractivity contribution in [3.8, 4) is 0 Å². The number of benzene rings is 2. The van der Waals surface area contributed by atoms with E-state index >= 15 is 0 Å². The molecule has 2 atom stereocenters. The van der Waals surface area contributed by atoms with Crippen molar-refractivity contribution in [2.75, 3.05) is 35.6 Å². The Labute approximate surface area is 199 Å². The zero-order valence-corrected chi connectivity index (χ0v) is 19.1. The van der Waals surface area contributed by atoms with Crippen LogP contribution in [0, 0.1) is 0 Å². The minimum Gasteiger partial charge on any atom is -0.444 e. The van der Waals surface area contributed by atoms with Gasteiger partial charge >= 0.3 is 6.09 Å². The van der Waals surface area contributed by atoms with Gasteiger partial charge in [-0.3, -0.25) is 14.5 Å². The van der Waals surface area contributed by atoms with Crippen molar-refractivity contribution in [3.05, 3.63) is 58.5 Å². The topological polar surface area (TPSA) is 106 Å². The van der Waals surface area contributed by atoms with Gasteiger partial charge in [0.2, 0.25) is 5.91 Å². The lowest BCUT2D eigenvalue weighted by Gasteiger charge is -2.20. The van der Waals surface area contributed by atoms with Crippen LogP contribution >= 0.6 is 11.8 Å². The Bertz CT molecular complexity index is 1370. The highest BCUT2D eigenvalue weighted by Gasteiger charge is 2.33. The summed E-state index contributed by atoms with van der Waals surface area (Å²) in [5.41, 5.74) is 4.31. The molecular weight excluding hydrogens is 454 g/mol. The second kappa shape index (κ2) is 8.44. The van der Waals surface area contributed by atoms with E-state index < -0.39 is 0 Å². The van der Waals surface area contributed by atoms with Crippen molar-refractivity contribution >= 4 is 46.2 Å². The van der Waals surface area contributed by atoms with Crippen LogP contribution in [0.2, 0.25) is 0 Å². The van der Waals surface area contributed by atoms with E-state index in [0.717, 1.165) is 39.4 Å². The van der Waals surface area contributed by atoms with E-state index in [0.29, 0.717) is 31.8 Å². The summed E-state index contributed by atoms with van der Waals surface area (Å²) >= 11 is 1.49. The molecule has 2 N–H and O–H groups in total. The molecule has 10 heteroatoms. The first kappa shape index (κ1) is 21.2. The van der Waals surface area contributed by atoms with Gasteiger partial charge in [0.1, 0.15) is 6.10 Å². The van der Waals surface area contributed by atoms with Crippen LogP contribution in [0.15, 0.2) is 52.3 Å². The van der Waals surface area contributed by atoms with Gasteiger partial charge in [-0.25, -0.2) is 9.78 Å². The van der Waals surface area contributed by atoms with Crippen molar-refractivity contribution in [2.45, 2.75) is 29.9 Å². The molecule has 3 aromatic rings. The minimum atomic E-state index is -0.371. The summed E-state index contributed by atoms with van der Waals surface area (Å²) in [6.45, 7) is 2.53. The number of hydrogen-bond donors (Lipinski definition) is 2. The number of cyclic esters (lactones) is 1. The first-order valence-corrected chi connectivity index (χ1v) is 12.3. The first-order valence-electron chi connectivity index (χ1n) is 11.3. The number of nitrogens with zero attached hydrogens (tertiary/aromatic N) is 3. The van der Waals surface area contributed by atoms with Crippen LogP contribution in [-0.4, -0.2) is 53.0 Å². The number of ether oxygens (including phenoxy) is 1. The quantitative estimate of drug-likeness (QED) is 0.526. The number of nitrogens with one attached hydrogen (secondary N) is 2. The normalized spacial score (nSPS) is 21.0. The maximum atomic E-state index is 12.5. The third-order valence-electron chi connectivity index (χ3n) is 6.55. The standard InChI is InChI=1S/C24H23N5O4S/c30-21-13-34-20-5-4-15(8-19(20)27-21)28-12-16(33-24(28)32)6-7-25-9-14-11-29-22(31)10-26-18-3-1-2-17(14)23(18)29/h1-5,8,10,14,16,25H,6-7,9,11-13H2,(H,27,30)/t14-,16-/m1/s1. The van der Waals surface area contributed by atoms with E-state index in [2.05, 4.69) is 21.7 Å². The van der Waals surface area contributed by atoms with Crippen molar-refractivity contribution in [1.82, 2.24) is 14.9 Å². The summed E-state index contributed by atoms with van der Waals surface area (Å²) in [5.74, 6) is 0.570. The maximum absolute atomic E-state index is 12.5. The van der Waals surface area contributed by atoms with Crippen molar-refractivity contribution < 1.29 is 14.3 Å². The lowest BCUT2D eigenvalue weighted by atomic mass is 10.0. The van der Waals surface area contributed by atoms with Crippen LogP contribution in [0.25, 0.3) is 11.0 Å². The zero-order chi connectivity index (χ0) is 23.2. The molecule has 2 aromatic carbocycles. The summed E-state index contributed by atoms with van der Waals surface area (Å²) in [7, 11) is 0. The van der Waals surface area contributed by atoms with Crippen LogP contribution in [-0.2, 0) is 16.1 Å². The number of carbonyl (C=O) groups is 2. The molecule has 0 aliphatic carbocycles. The fourth-order valence-corrected chi connectivity index (χ4v) is 5.71. The number of amides is 2.